The van der Waals surface area contributed by atoms with Gasteiger partial charge in [0.15, 0.2) is 6.35 Å². The summed E-state index contributed by atoms with van der Waals surface area (Å²) in [6.45, 7) is 4.19. The van der Waals surface area contributed by atoms with Crippen molar-refractivity contribution in [3.05, 3.63) is 29.3 Å². The lowest BCUT2D eigenvalue weighted by molar-refractivity contribution is 0.197. The first kappa shape index (κ1) is 19.2. The molecule has 0 aliphatic heterocycles. The minimum absolute atomic E-state index is 0.00798. The molecular weight excluding hydrogens is 341 g/mol. The van der Waals surface area contributed by atoms with Crippen molar-refractivity contribution < 1.29 is 35.0 Å². The van der Waals surface area contributed by atoms with Crippen LogP contribution < -0.4 is 0 Å². The maximum absolute atomic E-state index is 13.7. The molecule has 0 N–H and O–H groups in total. The highest BCUT2D eigenvalue weighted by Gasteiger charge is 2.31. The van der Waals surface area contributed by atoms with E-state index in [1.54, 1.807) is 0 Å². The van der Waals surface area contributed by atoms with Crippen LogP contribution in [0.3, 0.4) is 0 Å². The van der Waals surface area contributed by atoms with Gasteiger partial charge in [-0.1, -0.05) is 0 Å². The van der Waals surface area contributed by atoms with Gasteiger partial charge >= 0.3 is 17.7 Å². The van der Waals surface area contributed by atoms with Crippen molar-refractivity contribution in [1.82, 2.24) is 0 Å². The summed E-state index contributed by atoms with van der Waals surface area (Å²) in [5.41, 5.74) is -0.428. The van der Waals surface area contributed by atoms with E-state index in [4.69, 9.17) is 9.05 Å². The van der Waals surface area contributed by atoms with E-state index in [1.165, 1.54) is 13.8 Å². The molecule has 0 spiro atoms. The third-order valence-electron chi connectivity index (χ3n) is 2.56. The van der Waals surface area contributed by atoms with E-state index in [9.17, 15) is 21.8 Å². The van der Waals surface area contributed by atoms with Gasteiger partial charge in [-0.3, -0.25) is 8.75 Å². The van der Waals surface area contributed by atoms with Gasteiger partial charge in [-0.15, -0.1) is 0 Å². The van der Waals surface area contributed by atoms with Crippen molar-refractivity contribution in [3.8, 4) is 0 Å². The van der Waals surface area contributed by atoms with E-state index in [2.05, 4.69) is 4.18 Å². The predicted octanol–water partition coefficient (Wildman–Crippen LogP) is 3.20. The average molecular weight is 358 g/mol. The molecule has 0 aromatic heterocycles. The fraction of sp³-hybridized carbons (Fsp3) is 0.500. The normalized spacial score (nSPS) is 12.6. The Hall–Kier alpha value is -0.860. The first-order valence-corrected chi connectivity index (χ1v) is 9.52. The van der Waals surface area contributed by atoms with Crippen molar-refractivity contribution in [2.75, 3.05) is 19.6 Å². The summed E-state index contributed by atoms with van der Waals surface area (Å²) < 4.78 is 77.5. The lowest BCUT2D eigenvalue weighted by Gasteiger charge is -2.17. The van der Waals surface area contributed by atoms with Gasteiger partial charge in [-0.05, 0) is 32.9 Å². The van der Waals surface area contributed by atoms with Gasteiger partial charge in [0.2, 0.25) is 0 Å². The van der Waals surface area contributed by atoms with Crippen LogP contribution in [0.4, 0.5) is 8.78 Å². The quantitative estimate of drug-likeness (QED) is 0.524. The van der Waals surface area contributed by atoms with Crippen LogP contribution >= 0.6 is 7.60 Å². The second-order valence-corrected chi connectivity index (χ2v) is 7.68. The van der Waals surface area contributed by atoms with Crippen LogP contribution in [-0.4, -0.2) is 28.0 Å². The number of benzene rings is 1. The molecule has 6 nitrogen and oxygen atoms in total. The molecule has 1 rings (SSSR count). The predicted molar refractivity (Wildman–Crippen MR) is 75.1 cm³/mol. The van der Waals surface area contributed by atoms with Crippen molar-refractivity contribution in [1.29, 1.82) is 0 Å². The standard InChI is InChI=1S/C12H17F2O6PS/c1-4-18-21(15,19-5-2)8-20-22(16,17)12-9(3)10(13)6-7-11(12)14/h6-7H,4-5,8H2,1-3H3. The van der Waals surface area contributed by atoms with Crippen LogP contribution in [0.15, 0.2) is 17.0 Å². The van der Waals surface area contributed by atoms with Crippen LogP contribution in [0, 0.1) is 18.6 Å². The molecule has 1 aromatic carbocycles. The van der Waals surface area contributed by atoms with Crippen molar-refractivity contribution in [2.45, 2.75) is 25.7 Å². The fourth-order valence-corrected chi connectivity index (χ4v) is 4.62. The first-order chi connectivity index (χ1) is 10.2. The van der Waals surface area contributed by atoms with Gasteiger partial charge in [-0.25, -0.2) is 8.78 Å². The monoisotopic (exact) mass is 358 g/mol. The number of hydrogen-bond donors (Lipinski definition) is 0. The lowest BCUT2D eigenvalue weighted by Crippen LogP contribution is -2.14. The molecule has 126 valence electrons. The molecule has 0 saturated heterocycles. The largest absolute Gasteiger partial charge is 0.357 e. The number of halogens is 2. The summed E-state index contributed by atoms with van der Waals surface area (Å²) in [6, 6.07) is 1.47. The molecule has 0 atom stereocenters. The van der Waals surface area contributed by atoms with Gasteiger partial charge in [0.25, 0.3) is 0 Å². The summed E-state index contributed by atoms with van der Waals surface area (Å²) in [7, 11) is -8.46. The minimum Gasteiger partial charge on any atom is -0.307 e. The van der Waals surface area contributed by atoms with E-state index < -0.39 is 46.2 Å². The number of rotatable bonds is 8. The molecule has 0 fully saturated rings. The maximum Gasteiger partial charge on any atom is 0.357 e. The summed E-state index contributed by atoms with van der Waals surface area (Å²) >= 11 is 0. The summed E-state index contributed by atoms with van der Waals surface area (Å²) in [5.74, 6) is -2.07. The fourth-order valence-electron chi connectivity index (χ4n) is 1.64. The van der Waals surface area contributed by atoms with Gasteiger partial charge in [-0.2, -0.15) is 8.42 Å². The Balaban J connectivity index is 3.07. The Bertz CT molecular complexity index is 666. The molecule has 22 heavy (non-hydrogen) atoms. The Morgan fingerprint density at radius 1 is 1.09 bits per heavy atom. The zero-order valence-electron chi connectivity index (χ0n) is 12.3. The summed E-state index contributed by atoms with van der Waals surface area (Å²) in [5, 5.41) is 0. The van der Waals surface area contributed by atoms with Crippen LogP contribution in [0.25, 0.3) is 0 Å². The Labute approximate surface area is 128 Å². The van der Waals surface area contributed by atoms with Crippen LogP contribution in [-0.2, 0) is 27.9 Å². The Morgan fingerprint density at radius 2 is 1.59 bits per heavy atom. The highest BCUT2D eigenvalue weighted by Crippen LogP contribution is 2.48. The van der Waals surface area contributed by atoms with E-state index in [-0.39, 0.29) is 13.2 Å². The zero-order chi connectivity index (χ0) is 17.0. The van der Waals surface area contributed by atoms with E-state index in [0.717, 1.165) is 13.0 Å². The van der Waals surface area contributed by atoms with E-state index in [1.807, 2.05) is 0 Å². The van der Waals surface area contributed by atoms with E-state index in [0.29, 0.717) is 6.07 Å². The van der Waals surface area contributed by atoms with Crippen LogP contribution in [0.2, 0.25) is 0 Å². The van der Waals surface area contributed by atoms with E-state index >= 15 is 0 Å². The lowest BCUT2D eigenvalue weighted by atomic mass is 10.2. The Morgan fingerprint density at radius 3 is 2.09 bits per heavy atom. The molecule has 10 heteroatoms. The smallest absolute Gasteiger partial charge is 0.307 e. The Kier molecular flexibility index (Phi) is 6.64. The second-order valence-electron chi connectivity index (χ2n) is 4.13. The average Bonchev–Trinajstić information content (AvgIpc) is 2.42. The van der Waals surface area contributed by atoms with Crippen molar-refractivity contribution in [3.63, 3.8) is 0 Å². The minimum atomic E-state index is -4.66. The summed E-state index contributed by atoms with van der Waals surface area (Å²) in [4.78, 5) is -0.938. The highest BCUT2D eigenvalue weighted by atomic mass is 32.2. The summed E-state index contributed by atoms with van der Waals surface area (Å²) in [6.07, 6.45) is -0.924. The second kappa shape index (κ2) is 7.61. The maximum atomic E-state index is 13.7. The number of hydrogen-bond acceptors (Lipinski definition) is 6. The molecular formula is C12H17F2O6PS. The molecule has 0 bridgehead atoms. The van der Waals surface area contributed by atoms with Crippen molar-refractivity contribution in [2.24, 2.45) is 0 Å². The highest BCUT2D eigenvalue weighted by molar-refractivity contribution is 7.87. The van der Waals surface area contributed by atoms with Crippen LogP contribution in [0.5, 0.6) is 0 Å². The molecule has 0 aliphatic rings. The SMILES string of the molecule is CCOP(=O)(COS(=O)(=O)c1c(F)ccc(F)c1C)OCC. The zero-order valence-corrected chi connectivity index (χ0v) is 14.0. The van der Waals surface area contributed by atoms with Gasteiger partial charge in [0.1, 0.15) is 16.5 Å². The van der Waals surface area contributed by atoms with Crippen molar-refractivity contribution >= 4 is 17.7 Å². The van der Waals surface area contributed by atoms with Crippen LogP contribution in [0.1, 0.15) is 19.4 Å². The molecule has 0 aliphatic carbocycles. The molecule has 0 heterocycles. The molecule has 1 aromatic rings. The molecule has 0 radical (unpaired) electrons. The van der Waals surface area contributed by atoms with Gasteiger partial charge in [0, 0.05) is 5.56 Å². The molecule has 0 amide bonds. The topological polar surface area (TPSA) is 78.9 Å². The molecule has 0 saturated carbocycles. The first-order valence-electron chi connectivity index (χ1n) is 6.39. The molecule has 0 unspecified atom stereocenters. The third kappa shape index (κ3) is 4.57. The van der Waals surface area contributed by atoms with Gasteiger partial charge in [0.05, 0.1) is 13.2 Å². The third-order valence-corrected chi connectivity index (χ3v) is 5.91. The van der Waals surface area contributed by atoms with Gasteiger partial charge < -0.3 is 9.05 Å².